The molecule has 1 unspecified atom stereocenters. The van der Waals surface area contributed by atoms with E-state index in [9.17, 15) is 14.9 Å². The Morgan fingerprint density at radius 3 is 3.05 bits per heavy atom. The number of carbonyl (C=O) groups is 1. The van der Waals surface area contributed by atoms with E-state index in [0.29, 0.717) is 13.1 Å². The molecule has 2 aliphatic rings. The van der Waals surface area contributed by atoms with Gasteiger partial charge in [0.25, 0.3) is 0 Å². The van der Waals surface area contributed by atoms with Crippen LogP contribution in [-0.4, -0.2) is 44.2 Å². The van der Waals surface area contributed by atoms with Gasteiger partial charge >= 0.3 is 17.9 Å². The average Bonchev–Trinajstić information content (AvgIpc) is 3.01. The van der Waals surface area contributed by atoms with E-state index in [2.05, 4.69) is 4.98 Å². The number of imidazole rings is 1. The Morgan fingerprint density at radius 2 is 2.41 bits per heavy atom. The topological polar surface area (TPSA) is 99.7 Å². The molecule has 22 heavy (non-hydrogen) atoms. The summed E-state index contributed by atoms with van der Waals surface area (Å²) in [6.07, 6.45) is 7.89. The van der Waals surface area contributed by atoms with E-state index in [1.807, 2.05) is 12.2 Å². The zero-order chi connectivity index (χ0) is 15.7. The maximum absolute atomic E-state index is 11.9. The summed E-state index contributed by atoms with van der Waals surface area (Å²) in [5.74, 6) is -0.265. The first-order valence-corrected chi connectivity index (χ1v) is 6.64. The molecule has 1 aromatic rings. The quantitative estimate of drug-likeness (QED) is 0.619. The van der Waals surface area contributed by atoms with E-state index < -0.39 is 16.6 Å². The lowest BCUT2D eigenvalue weighted by molar-refractivity contribution is -0.389. The molecule has 0 aromatic carbocycles. The van der Waals surface area contributed by atoms with Crippen LogP contribution in [0.25, 0.3) is 0 Å². The van der Waals surface area contributed by atoms with Gasteiger partial charge in [0.1, 0.15) is 12.8 Å². The van der Waals surface area contributed by atoms with Crippen LogP contribution in [0.1, 0.15) is 6.92 Å². The summed E-state index contributed by atoms with van der Waals surface area (Å²) in [4.78, 5) is 27.2. The molecular formula is C13H14N4O5. The fourth-order valence-electron chi connectivity index (χ4n) is 2.26. The van der Waals surface area contributed by atoms with Gasteiger partial charge in [-0.2, -0.15) is 0 Å². The third kappa shape index (κ3) is 2.65. The third-order valence-electron chi connectivity index (χ3n) is 3.31. The van der Waals surface area contributed by atoms with E-state index in [-0.39, 0.29) is 18.4 Å². The minimum atomic E-state index is -0.789. The molecule has 0 aliphatic carbocycles. The SMILES string of the molecule is CC1(COC(=O)N2C=CC=CC2)Cn2cc([N+](=O)[O-])nc2O1. The summed E-state index contributed by atoms with van der Waals surface area (Å²) in [5.41, 5.74) is -0.789. The molecule has 0 radical (unpaired) electrons. The molecule has 1 aromatic heterocycles. The van der Waals surface area contributed by atoms with Crippen LogP contribution >= 0.6 is 0 Å². The number of aromatic nitrogens is 2. The monoisotopic (exact) mass is 306 g/mol. The second kappa shape index (κ2) is 5.17. The van der Waals surface area contributed by atoms with Crippen molar-refractivity contribution >= 4 is 11.9 Å². The van der Waals surface area contributed by atoms with Crippen LogP contribution in [-0.2, 0) is 11.3 Å². The number of rotatable bonds is 3. The van der Waals surface area contributed by atoms with Gasteiger partial charge in [0.2, 0.25) is 0 Å². The largest absolute Gasteiger partial charge is 0.445 e. The van der Waals surface area contributed by atoms with E-state index in [1.165, 1.54) is 15.7 Å². The Labute approximate surface area is 125 Å². The van der Waals surface area contributed by atoms with E-state index in [4.69, 9.17) is 9.47 Å². The molecule has 3 rings (SSSR count). The Morgan fingerprint density at radius 1 is 1.59 bits per heavy atom. The van der Waals surface area contributed by atoms with Gasteiger partial charge in [-0.3, -0.25) is 9.47 Å². The van der Waals surface area contributed by atoms with Crippen molar-refractivity contribution in [3.63, 3.8) is 0 Å². The highest BCUT2D eigenvalue weighted by atomic mass is 16.6. The molecule has 0 N–H and O–H groups in total. The van der Waals surface area contributed by atoms with Crippen LogP contribution in [0.2, 0.25) is 0 Å². The Kier molecular flexibility index (Phi) is 3.32. The van der Waals surface area contributed by atoms with Crippen LogP contribution in [0, 0.1) is 10.1 Å². The number of ether oxygens (including phenoxy) is 2. The summed E-state index contributed by atoms with van der Waals surface area (Å²) < 4.78 is 12.4. The second-order valence-corrected chi connectivity index (χ2v) is 5.30. The van der Waals surface area contributed by atoms with Crippen LogP contribution in [0.15, 0.2) is 30.6 Å². The molecule has 1 atom stereocenters. The molecule has 0 saturated heterocycles. The summed E-state index contributed by atoms with van der Waals surface area (Å²) >= 11 is 0. The van der Waals surface area contributed by atoms with Gasteiger partial charge in [0, 0.05) is 17.7 Å². The third-order valence-corrected chi connectivity index (χ3v) is 3.31. The lowest BCUT2D eigenvalue weighted by atomic mass is 10.1. The minimum absolute atomic E-state index is 0.0248. The Bertz CT molecular complexity index is 654. The predicted octanol–water partition coefficient (Wildman–Crippen LogP) is 1.46. The first kappa shape index (κ1) is 14.1. The van der Waals surface area contributed by atoms with Gasteiger partial charge in [-0.05, 0) is 17.9 Å². The molecule has 3 heterocycles. The van der Waals surface area contributed by atoms with Gasteiger partial charge < -0.3 is 19.6 Å². The lowest BCUT2D eigenvalue weighted by Crippen LogP contribution is -2.40. The Hall–Kier alpha value is -2.84. The predicted molar refractivity (Wildman–Crippen MR) is 74.2 cm³/mol. The number of hydrogen-bond acceptors (Lipinski definition) is 6. The summed E-state index contributed by atoms with van der Waals surface area (Å²) in [7, 11) is 0. The van der Waals surface area contributed by atoms with E-state index in [0.717, 1.165) is 0 Å². The highest BCUT2D eigenvalue weighted by Crippen LogP contribution is 2.31. The van der Waals surface area contributed by atoms with Gasteiger partial charge in [0.05, 0.1) is 6.54 Å². The first-order valence-electron chi connectivity index (χ1n) is 6.64. The zero-order valence-electron chi connectivity index (χ0n) is 11.8. The second-order valence-electron chi connectivity index (χ2n) is 5.30. The van der Waals surface area contributed by atoms with Crippen LogP contribution in [0.5, 0.6) is 6.01 Å². The summed E-state index contributed by atoms with van der Waals surface area (Å²) in [6.45, 7) is 2.57. The van der Waals surface area contributed by atoms with Crippen molar-refractivity contribution in [2.75, 3.05) is 13.2 Å². The maximum Gasteiger partial charge on any atom is 0.415 e. The van der Waals surface area contributed by atoms with Gasteiger partial charge in [-0.1, -0.05) is 12.2 Å². The number of fused-ring (bicyclic) bond motifs is 1. The lowest BCUT2D eigenvalue weighted by Gasteiger charge is -2.24. The number of amides is 1. The van der Waals surface area contributed by atoms with Crippen molar-refractivity contribution in [2.24, 2.45) is 0 Å². The van der Waals surface area contributed by atoms with Crippen molar-refractivity contribution in [1.82, 2.24) is 14.5 Å². The highest BCUT2D eigenvalue weighted by Gasteiger charge is 2.41. The fourth-order valence-corrected chi connectivity index (χ4v) is 2.26. The fraction of sp³-hybridized carbons (Fsp3) is 0.385. The first-order chi connectivity index (χ1) is 10.5. The van der Waals surface area contributed by atoms with Crippen molar-refractivity contribution in [3.8, 4) is 6.01 Å². The molecule has 9 nitrogen and oxygen atoms in total. The van der Waals surface area contributed by atoms with Crippen molar-refractivity contribution in [1.29, 1.82) is 0 Å². The van der Waals surface area contributed by atoms with Crippen molar-refractivity contribution in [2.45, 2.75) is 19.1 Å². The maximum atomic E-state index is 11.9. The number of nitro groups is 1. The number of nitrogens with zero attached hydrogens (tertiary/aromatic N) is 4. The number of carbonyl (C=O) groups excluding carboxylic acids is 1. The molecule has 0 fully saturated rings. The minimum Gasteiger partial charge on any atom is -0.445 e. The molecule has 2 aliphatic heterocycles. The zero-order valence-corrected chi connectivity index (χ0v) is 11.8. The number of allylic oxidation sites excluding steroid dienone is 2. The molecule has 0 bridgehead atoms. The average molecular weight is 306 g/mol. The van der Waals surface area contributed by atoms with Crippen LogP contribution in [0.3, 0.4) is 0 Å². The van der Waals surface area contributed by atoms with Crippen LogP contribution in [0.4, 0.5) is 10.6 Å². The molecule has 116 valence electrons. The normalized spacial score (nSPS) is 22.3. The molecule has 9 heteroatoms. The molecule has 0 saturated carbocycles. The Balaban J connectivity index is 1.58. The highest BCUT2D eigenvalue weighted by molar-refractivity contribution is 5.69. The molecule has 1 amide bonds. The van der Waals surface area contributed by atoms with E-state index >= 15 is 0 Å². The summed E-state index contributed by atoms with van der Waals surface area (Å²) in [6, 6.07) is 0.158. The number of hydrogen-bond donors (Lipinski definition) is 0. The van der Waals surface area contributed by atoms with Gasteiger partial charge in [-0.15, -0.1) is 0 Å². The summed E-state index contributed by atoms with van der Waals surface area (Å²) in [5, 5.41) is 10.6. The molecular weight excluding hydrogens is 292 g/mol. The van der Waals surface area contributed by atoms with Crippen LogP contribution < -0.4 is 4.74 Å². The molecule has 0 spiro atoms. The van der Waals surface area contributed by atoms with Gasteiger partial charge in [-0.25, -0.2) is 4.79 Å². The van der Waals surface area contributed by atoms with Crippen molar-refractivity contribution in [3.05, 3.63) is 40.7 Å². The van der Waals surface area contributed by atoms with Gasteiger partial charge in [0.15, 0.2) is 5.60 Å². The van der Waals surface area contributed by atoms with E-state index in [1.54, 1.807) is 19.2 Å². The van der Waals surface area contributed by atoms with Crippen molar-refractivity contribution < 1.29 is 19.2 Å². The standard InChI is InChI=1S/C13H14N4O5/c1-13(9-21-12(18)15-5-3-2-4-6-15)8-16-7-10(17(19)20)14-11(16)22-13/h2-5,7H,6,8-9H2,1H3. The smallest absolute Gasteiger partial charge is 0.415 e.